The summed E-state index contributed by atoms with van der Waals surface area (Å²) in [6, 6.07) is 1.94. The molecular formula is C5H5BrClNS. The third kappa shape index (κ3) is 1.67. The van der Waals surface area contributed by atoms with Crippen molar-refractivity contribution in [1.82, 2.24) is 0 Å². The minimum atomic E-state index is 0.515. The predicted molar refractivity (Wildman–Crippen MR) is 44.9 cm³/mol. The van der Waals surface area contributed by atoms with E-state index in [1.165, 1.54) is 11.3 Å². The molecule has 50 valence electrons. The molecule has 0 spiro atoms. The highest BCUT2D eigenvalue weighted by Gasteiger charge is 2.01. The van der Waals surface area contributed by atoms with E-state index in [1.807, 2.05) is 6.07 Å². The Morgan fingerprint density at radius 2 is 2.44 bits per heavy atom. The molecule has 1 aromatic rings. The van der Waals surface area contributed by atoms with Crippen molar-refractivity contribution in [2.24, 2.45) is 5.73 Å². The number of nitrogens with two attached hydrogens (primary N) is 1. The molecule has 0 radical (unpaired) electrons. The molecule has 0 bridgehead atoms. The molecule has 0 aromatic carbocycles. The highest BCUT2D eigenvalue weighted by molar-refractivity contribution is 9.11. The third-order valence-corrected chi connectivity index (χ3v) is 2.89. The van der Waals surface area contributed by atoms with Gasteiger partial charge in [0.2, 0.25) is 0 Å². The van der Waals surface area contributed by atoms with E-state index in [2.05, 4.69) is 15.9 Å². The molecule has 4 heteroatoms. The maximum Gasteiger partial charge on any atom is 0.0985 e. The number of hydrogen-bond donors (Lipinski definition) is 1. The van der Waals surface area contributed by atoms with Gasteiger partial charge in [-0.15, -0.1) is 11.3 Å². The number of thiophene rings is 1. The molecule has 0 fully saturated rings. The van der Waals surface area contributed by atoms with Crippen LogP contribution in [-0.4, -0.2) is 0 Å². The number of halogens is 2. The molecule has 1 aromatic heterocycles. The molecule has 1 rings (SSSR count). The predicted octanol–water partition coefficient (Wildman–Crippen LogP) is 2.62. The second kappa shape index (κ2) is 3.01. The minimum absolute atomic E-state index is 0.515. The van der Waals surface area contributed by atoms with Gasteiger partial charge in [0.1, 0.15) is 0 Å². The lowest BCUT2D eigenvalue weighted by atomic mass is 10.3. The van der Waals surface area contributed by atoms with Crippen molar-refractivity contribution < 1.29 is 0 Å². The highest BCUT2D eigenvalue weighted by Crippen LogP contribution is 2.30. The van der Waals surface area contributed by atoms with Gasteiger partial charge in [-0.05, 0) is 27.6 Å². The van der Waals surface area contributed by atoms with Gasteiger partial charge in [0.15, 0.2) is 0 Å². The Balaban J connectivity index is 3.01. The topological polar surface area (TPSA) is 26.0 Å². The van der Waals surface area contributed by atoms with Crippen LogP contribution in [0.4, 0.5) is 0 Å². The van der Waals surface area contributed by atoms with Crippen molar-refractivity contribution in [3.05, 3.63) is 19.8 Å². The fraction of sp³-hybridized carbons (Fsp3) is 0.200. The zero-order valence-corrected chi connectivity index (χ0v) is 7.68. The summed E-state index contributed by atoms with van der Waals surface area (Å²) in [6.07, 6.45) is 0. The van der Waals surface area contributed by atoms with Crippen molar-refractivity contribution in [2.45, 2.75) is 6.54 Å². The maximum atomic E-state index is 5.75. The summed E-state index contributed by atoms with van der Waals surface area (Å²) < 4.78 is 1.82. The van der Waals surface area contributed by atoms with Crippen LogP contribution in [0.5, 0.6) is 0 Å². The first-order valence-electron chi connectivity index (χ1n) is 2.38. The van der Waals surface area contributed by atoms with Crippen LogP contribution in [0.25, 0.3) is 0 Å². The van der Waals surface area contributed by atoms with Gasteiger partial charge >= 0.3 is 0 Å². The maximum absolute atomic E-state index is 5.75. The Labute approximate surface area is 70.9 Å². The smallest absolute Gasteiger partial charge is 0.0985 e. The Morgan fingerprint density at radius 3 is 2.67 bits per heavy atom. The first kappa shape index (κ1) is 7.54. The zero-order valence-electron chi connectivity index (χ0n) is 4.53. The molecule has 0 atom stereocenters. The quantitative estimate of drug-likeness (QED) is 0.783. The lowest BCUT2D eigenvalue weighted by Gasteiger charge is -1.85. The molecule has 9 heavy (non-hydrogen) atoms. The monoisotopic (exact) mass is 225 g/mol. The normalized spacial score (nSPS) is 10.1. The summed E-state index contributed by atoms with van der Waals surface area (Å²) in [6.45, 7) is 0.515. The van der Waals surface area contributed by atoms with E-state index in [0.29, 0.717) is 6.54 Å². The van der Waals surface area contributed by atoms with E-state index in [4.69, 9.17) is 17.3 Å². The lowest BCUT2D eigenvalue weighted by molar-refractivity contribution is 1.08. The van der Waals surface area contributed by atoms with Crippen LogP contribution in [0.2, 0.25) is 4.34 Å². The van der Waals surface area contributed by atoms with Gasteiger partial charge in [0.05, 0.1) is 8.12 Å². The highest BCUT2D eigenvalue weighted by atomic mass is 79.9. The summed E-state index contributed by atoms with van der Waals surface area (Å²) in [5, 5.41) is 0. The van der Waals surface area contributed by atoms with Crippen molar-refractivity contribution in [2.75, 3.05) is 0 Å². The summed E-state index contributed by atoms with van der Waals surface area (Å²) in [5.74, 6) is 0. The van der Waals surface area contributed by atoms with Crippen molar-refractivity contribution in [1.29, 1.82) is 0 Å². The largest absolute Gasteiger partial charge is 0.326 e. The lowest BCUT2D eigenvalue weighted by Crippen LogP contribution is -1.93. The Bertz CT molecular complexity index is 211. The van der Waals surface area contributed by atoms with E-state index in [1.54, 1.807) is 0 Å². The van der Waals surface area contributed by atoms with Crippen LogP contribution in [0.15, 0.2) is 9.85 Å². The standard InChI is InChI=1S/C5H5BrClNS/c6-4-1-3(2-8)5(7)9-4/h1H,2,8H2. The fourth-order valence-electron chi connectivity index (χ4n) is 0.514. The molecule has 0 aliphatic carbocycles. The molecule has 0 amide bonds. The van der Waals surface area contributed by atoms with Crippen molar-refractivity contribution >= 4 is 38.9 Å². The molecule has 0 saturated heterocycles. The van der Waals surface area contributed by atoms with E-state index in [9.17, 15) is 0 Å². The Hall–Kier alpha value is 0.430. The molecular weight excluding hydrogens is 221 g/mol. The molecule has 0 unspecified atom stereocenters. The van der Waals surface area contributed by atoms with E-state index >= 15 is 0 Å². The van der Waals surface area contributed by atoms with Gasteiger partial charge in [0, 0.05) is 6.54 Å². The fourth-order valence-corrected chi connectivity index (χ4v) is 2.58. The summed E-state index contributed by atoms with van der Waals surface area (Å²) in [5.41, 5.74) is 6.37. The summed E-state index contributed by atoms with van der Waals surface area (Å²) >= 11 is 10.6. The van der Waals surface area contributed by atoms with Crippen LogP contribution in [0.3, 0.4) is 0 Å². The second-order valence-electron chi connectivity index (χ2n) is 1.55. The van der Waals surface area contributed by atoms with Gasteiger partial charge in [-0.2, -0.15) is 0 Å². The second-order valence-corrected chi connectivity index (χ2v) is 4.59. The number of rotatable bonds is 1. The molecule has 0 aliphatic heterocycles. The van der Waals surface area contributed by atoms with E-state index < -0.39 is 0 Å². The van der Waals surface area contributed by atoms with E-state index in [0.717, 1.165) is 13.7 Å². The molecule has 1 heterocycles. The summed E-state index contributed by atoms with van der Waals surface area (Å²) in [4.78, 5) is 0. The Kier molecular flexibility index (Phi) is 2.52. The molecule has 2 N–H and O–H groups in total. The van der Waals surface area contributed by atoms with Gasteiger partial charge in [-0.3, -0.25) is 0 Å². The average Bonchev–Trinajstić information content (AvgIpc) is 2.10. The van der Waals surface area contributed by atoms with Crippen LogP contribution in [-0.2, 0) is 6.54 Å². The third-order valence-electron chi connectivity index (χ3n) is 0.947. The van der Waals surface area contributed by atoms with Crippen LogP contribution in [0, 0.1) is 0 Å². The number of hydrogen-bond acceptors (Lipinski definition) is 2. The molecule has 1 nitrogen and oxygen atoms in total. The average molecular weight is 227 g/mol. The molecule has 0 aliphatic rings. The van der Waals surface area contributed by atoms with E-state index in [-0.39, 0.29) is 0 Å². The zero-order chi connectivity index (χ0) is 6.85. The molecule has 0 saturated carbocycles. The van der Waals surface area contributed by atoms with Crippen molar-refractivity contribution in [3.63, 3.8) is 0 Å². The van der Waals surface area contributed by atoms with Gasteiger partial charge in [-0.25, -0.2) is 0 Å². The van der Waals surface area contributed by atoms with Crippen LogP contribution < -0.4 is 5.73 Å². The Morgan fingerprint density at radius 1 is 1.78 bits per heavy atom. The van der Waals surface area contributed by atoms with Gasteiger partial charge in [0.25, 0.3) is 0 Å². The SMILES string of the molecule is NCc1cc(Br)sc1Cl. The van der Waals surface area contributed by atoms with Crippen LogP contribution in [0.1, 0.15) is 5.56 Å². The van der Waals surface area contributed by atoms with Crippen LogP contribution >= 0.6 is 38.9 Å². The van der Waals surface area contributed by atoms with Crippen molar-refractivity contribution in [3.8, 4) is 0 Å². The first-order chi connectivity index (χ1) is 4.24. The van der Waals surface area contributed by atoms with Gasteiger partial charge < -0.3 is 5.73 Å². The minimum Gasteiger partial charge on any atom is -0.326 e. The summed E-state index contributed by atoms with van der Waals surface area (Å²) in [7, 11) is 0. The van der Waals surface area contributed by atoms with Gasteiger partial charge in [-0.1, -0.05) is 11.6 Å². The first-order valence-corrected chi connectivity index (χ1v) is 4.36.